The summed E-state index contributed by atoms with van der Waals surface area (Å²) in [5.41, 5.74) is 9.52. The van der Waals surface area contributed by atoms with Gasteiger partial charge in [-0.15, -0.1) is 0 Å². The van der Waals surface area contributed by atoms with Crippen LogP contribution in [0.3, 0.4) is 0 Å². The first kappa shape index (κ1) is 9.10. The summed E-state index contributed by atoms with van der Waals surface area (Å²) < 4.78 is 0. The summed E-state index contributed by atoms with van der Waals surface area (Å²) >= 11 is 0. The number of rotatable bonds is 2. The molecule has 3 nitrogen and oxygen atoms in total. The van der Waals surface area contributed by atoms with Crippen LogP contribution >= 0.6 is 0 Å². The zero-order chi connectivity index (χ0) is 9.86. The topological polar surface area (TPSA) is 48.8 Å². The van der Waals surface area contributed by atoms with Crippen LogP contribution in [0.5, 0.6) is 0 Å². The Labute approximate surface area is 83.4 Å². The standard InChI is InChI=1S/C11H13N3/c12-14-13-11(8-4-5-9-11)10-6-2-1-3-7-10/h1-3,6-7H,4-5,8-9H2. The maximum Gasteiger partial charge on any atom is 0.0737 e. The first-order valence-corrected chi connectivity index (χ1v) is 4.99. The van der Waals surface area contributed by atoms with E-state index in [1.165, 1.54) is 0 Å². The summed E-state index contributed by atoms with van der Waals surface area (Å²) in [7, 11) is 0. The van der Waals surface area contributed by atoms with Crippen molar-refractivity contribution in [2.45, 2.75) is 31.2 Å². The number of azide groups is 1. The van der Waals surface area contributed by atoms with E-state index in [0.717, 1.165) is 31.2 Å². The van der Waals surface area contributed by atoms with Gasteiger partial charge in [0.05, 0.1) is 5.54 Å². The Kier molecular flexibility index (Phi) is 2.42. The Bertz CT molecular complexity index is 346. The average Bonchev–Trinajstić information content (AvgIpc) is 2.70. The van der Waals surface area contributed by atoms with Crippen LogP contribution in [0.25, 0.3) is 10.4 Å². The molecule has 72 valence electrons. The molecule has 1 aliphatic carbocycles. The zero-order valence-electron chi connectivity index (χ0n) is 8.06. The van der Waals surface area contributed by atoms with Crippen LogP contribution in [-0.4, -0.2) is 0 Å². The second-order valence-electron chi connectivity index (χ2n) is 3.79. The van der Waals surface area contributed by atoms with Gasteiger partial charge in [-0.2, -0.15) is 0 Å². The van der Waals surface area contributed by atoms with Crippen LogP contribution in [0.2, 0.25) is 0 Å². The van der Waals surface area contributed by atoms with Crippen molar-refractivity contribution in [1.29, 1.82) is 0 Å². The van der Waals surface area contributed by atoms with E-state index in [9.17, 15) is 0 Å². The highest BCUT2D eigenvalue weighted by atomic mass is 15.2. The Morgan fingerprint density at radius 1 is 1.14 bits per heavy atom. The first-order valence-electron chi connectivity index (χ1n) is 4.99. The van der Waals surface area contributed by atoms with Gasteiger partial charge in [0, 0.05) is 4.91 Å². The highest BCUT2D eigenvalue weighted by molar-refractivity contribution is 5.25. The van der Waals surface area contributed by atoms with Crippen molar-refractivity contribution in [2.75, 3.05) is 0 Å². The smallest absolute Gasteiger partial charge is 0.0737 e. The third-order valence-corrected chi connectivity index (χ3v) is 2.98. The minimum atomic E-state index is -0.254. The summed E-state index contributed by atoms with van der Waals surface area (Å²) in [5.74, 6) is 0. The van der Waals surface area contributed by atoms with Gasteiger partial charge in [0.15, 0.2) is 0 Å². The molecule has 0 bridgehead atoms. The van der Waals surface area contributed by atoms with Crippen LogP contribution < -0.4 is 0 Å². The van der Waals surface area contributed by atoms with Crippen molar-refractivity contribution >= 4 is 0 Å². The molecule has 0 N–H and O–H groups in total. The van der Waals surface area contributed by atoms with Gasteiger partial charge in [-0.05, 0) is 23.9 Å². The van der Waals surface area contributed by atoms with E-state index in [4.69, 9.17) is 5.53 Å². The fraction of sp³-hybridized carbons (Fsp3) is 0.455. The molecular weight excluding hydrogens is 174 g/mol. The van der Waals surface area contributed by atoms with Crippen LogP contribution in [0.4, 0.5) is 0 Å². The molecule has 1 aliphatic rings. The summed E-state index contributed by atoms with van der Waals surface area (Å²) in [6.07, 6.45) is 4.30. The van der Waals surface area contributed by atoms with E-state index in [1.807, 2.05) is 18.2 Å². The largest absolute Gasteiger partial charge is 0.0826 e. The molecule has 0 radical (unpaired) electrons. The molecule has 1 aromatic rings. The molecule has 0 aliphatic heterocycles. The Balaban J connectivity index is 2.41. The fourth-order valence-electron chi connectivity index (χ4n) is 2.24. The highest BCUT2D eigenvalue weighted by Crippen LogP contribution is 2.42. The molecule has 0 saturated heterocycles. The molecule has 1 saturated carbocycles. The summed E-state index contributed by atoms with van der Waals surface area (Å²) in [6, 6.07) is 10.1. The predicted octanol–water partition coefficient (Wildman–Crippen LogP) is 3.77. The maximum atomic E-state index is 8.61. The minimum absolute atomic E-state index is 0.254. The van der Waals surface area contributed by atoms with Crippen LogP contribution in [0.1, 0.15) is 31.2 Å². The number of nitrogens with zero attached hydrogens (tertiary/aromatic N) is 3. The van der Waals surface area contributed by atoms with Gasteiger partial charge >= 0.3 is 0 Å². The number of hydrogen-bond donors (Lipinski definition) is 0. The van der Waals surface area contributed by atoms with Gasteiger partial charge in [-0.25, -0.2) is 0 Å². The molecule has 14 heavy (non-hydrogen) atoms. The lowest BCUT2D eigenvalue weighted by Crippen LogP contribution is -2.17. The third-order valence-electron chi connectivity index (χ3n) is 2.98. The molecular formula is C11H13N3. The molecule has 0 aromatic heterocycles. The second-order valence-corrected chi connectivity index (χ2v) is 3.79. The van der Waals surface area contributed by atoms with Crippen molar-refractivity contribution in [3.05, 3.63) is 46.3 Å². The Morgan fingerprint density at radius 2 is 1.79 bits per heavy atom. The van der Waals surface area contributed by atoms with Crippen molar-refractivity contribution in [3.63, 3.8) is 0 Å². The third kappa shape index (κ3) is 1.47. The lowest BCUT2D eigenvalue weighted by molar-refractivity contribution is 0.459. The molecule has 1 aromatic carbocycles. The van der Waals surface area contributed by atoms with Crippen molar-refractivity contribution in [1.82, 2.24) is 0 Å². The van der Waals surface area contributed by atoms with Gasteiger partial charge in [-0.3, -0.25) is 0 Å². The summed E-state index contributed by atoms with van der Waals surface area (Å²) in [6.45, 7) is 0. The van der Waals surface area contributed by atoms with Crippen LogP contribution in [-0.2, 0) is 5.54 Å². The Morgan fingerprint density at radius 3 is 2.36 bits per heavy atom. The second kappa shape index (κ2) is 3.72. The molecule has 0 atom stereocenters. The molecule has 1 fully saturated rings. The monoisotopic (exact) mass is 187 g/mol. The van der Waals surface area contributed by atoms with E-state index in [0.29, 0.717) is 0 Å². The molecule has 3 heteroatoms. The van der Waals surface area contributed by atoms with Gasteiger partial charge < -0.3 is 0 Å². The average molecular weight is 187 g/mol. The molecule has 0 spiro atoms. The van der Waals surface area contributed by atoms with Gasteiger partial charge in [0.25, 0.3) is 0 Å². The molecule has 0 amide bonds. The molecule has 2 rings (SSSR count). The summed E-state index contributed by atoms with van der Waals surface area (Å²) in [4.78, 5) is 2.99. The van der Waals surface area contributed by atoms with Crippen molar-refractivity contribution < 1.29 is 0 Å². The predicted molar refractivity (Wildman–Crippen MR) is 55.7 cm³/mol. The van der Waals surface area contributed by atoms with E-state index in [1.54, 1.807) is 0 Å². The molecule has 0 unspecified atom stereocenters. The Hall–Kier alpha value is -1.47. The van der Waals surface area contributed by atoms with E-state index in [2.05, 4.69) is 22.2 Å². The normalized spacial score (nSPS) is 18.9. The van der Waals surface area contributed by atoms with Crippen molar-refractivity contribution in [3.8, 4) is 0 Å². The van der Waals surface area contributed by atoms with Crippen molar-refractivity contribution in [2.24, 2.45) is 5.11 Å². The van der Waals surface area contributed by atoms with Gasteiger partial charge in [-0.1, -0.05) is 48.3 Å². The minimum Gasteiger partial charge on any atom is -0.0826 e. The number of benzene rings is 1. The SMILES string of the molecule is [N-]=[N+]=NC1(c2ccccc2)CCCC1. The van der Waals surface area contributed by atoms with Gasteiger partial charge in [0.2, 0.25) is 0 Å². The van der Waals surface area contributed by atoms with E-state index >= 15 is 0 Å². The highest BCUT2D eigenvalue weighted by Gasteiger charge is 2.34. The lowest BCUT2D eigenvalue weighted by atomic mass is 9.89. The zero-order valence-corrected chi connectivity index (χ0v) is 8.06. The quantitative estimate of drug-likeness (QED) is 0.384. The van der Waals surface area contributed by atoms with E-state index < -0.39 is 0 Å². The lowest BCUT2D eigenvalue weighted by Gasteiger charge is -2.22. The van der Waals surface area contributed by atoms with Crippen LogP contribution in [0, 0.1) is 0 Å². The first-order chi connectivity index (χ1) is 6.87. The van der Waals surface area contributed by atoms with E-state index in [-0.39, 0.29) is 5.54 Å². The fourth-order valence-corrected chi connectivity index (χ4v) is 2.24. The molecule has 0 heterocycles. The van der Waals surface area contributed by atoms with Gasteiger partial charge in [0.1, 0.15) is 0 Å². The summed E-state index contributed by atoms with van der Waals surface area (Å²) in [5, 5.41) is 4.01. The number of hydrogen-bond acceptors (Lipinski definition) is 1. The van der Waals surface area contributed by atoms with Crippen LogP contribution in [0.15, 0.2) is 35.4 Å². The maximum absolute atomic E-state index is 8.61.